The molecule has 4 unspecified atom stereocenters. The highest BCUT2D eigenvalue weighted by Crippen LogP contribution is 2.45. The van der Waals surface area contributed by atoms with Gasteiger partial charge in [0.1, 0.15) is 24.6 Å². The molecule has 15 nitrogen and oxygen atoms in total. The standard InChI is InChI=1S/C32H37N7O8/c1-2-33-32(44)37-27-24-28(35-15-34-27)39(16-36-24)29-26-25(46-23(47-26)9-8-17-6-4-3-5-7-17)22(45-29)14-38(12-18-10-20(18)30(40)41)13-19-11-21(19)31(42)43/h3-9,15-16,18-23,25-26,29H,2,10-14H2,1H3,(H,40,41)(H,42,43)(H2,33,34,35,37,44)/b9-8+/t18?,19?,20?,21?,22-,23+,25-,26-,29-/m1/s1. The molecular formula is C32H37N7O8. The molecular weight excluding hydrogens is 610 g/mol. The largest absolute Gasteiger partial charge is 0.481 e. The topological polar surface area (TPSA) is 190 Å². The van der Waals surface area contributed by atoms with E-state index in [2.05, 4.69) is 30.5 Å². The van der Waals surface area contributed by atoms with Crippen LogP contribution in [0.2, 0.25) is 0 Å². The van der Waals surface area contributed by atoms with Crippen molar-refractivity contribution in [1.82, 2.24) is 29.7 Å². The third-order valence-corrected chi connectivity index (χ3v) is 9.22. The van der Waals surface area contributed by atoms with E-state index in [4.69, 9.17) is 14.2 Å². The zero-order valence-corrected chi connectivity index (χ0v) is 25.7. The van der Waals surface area contributed by atoms with Gasteiger partial charge in [-0.15, -0.1) is 0 Å². The van der Waals surface area contributed by atoms with E-state index in [0.717, 1.165) is 5.56 Å². The van der Waals surface area contributed by atoms with Gasteiger partial charge in [-0.1, -0.05) is 36.4 Å². The average Bonchev–Trinajstić information content (AvgIpc) is 3.86. The minimum Gasteiger partial charge on any atom is -0.481 e. The van der Waals surface area contributed by atoms with Crippen LogP contribution in [0, 0.1) is 23.7 Å². The molecule has 4 fully saturated rings. The second kappa shape index (κ2) is 13.0. The summed E-state index contributed by atoms with van der Waals surface area (Å²) in [6.45, 7) is 3.70. The molecule has 3 aromatic rings. The molecule has 47 heavy (non-hydrogen) atoms. The summed E-state index contributed by atoms with van der Waals surface area (Å²) in [5, 5.41) is 24.4. The van der Waals surface area contributed by atoms with E-state index >= 15 is 0 Å². The number of hydrogen-bond acceptors (Lipinski definition) is 10. The molecule has 0 spiro atoms. The van der Waals surface area contributed by atoms with Crippen molar-refractivity contribution in [3.63, 3.8) is 0 Å². The van der Waals surface area contributed by atoms with Gasteiger partial charge in [0.05, 0.1) is 18.2 Å². The Hall–Kier alpha value is -4.44. The lowest BCUT2D eigenvalue weighted by Gasteiger charge is -2.28. The molecule has 2 amide bonds. The minimum absolute atomic E-state index is 0.00468. The average molecular weight is 648 g/mol. The summed E-state index contributed by atoms with van der Waals surface area (Å²) in [5.74, 6) is -2.16. The number of hydrogen-bond donors (Lipinski definition) is 4. The number of benzene rings is 1. The number of nitrogens with one attached hydrogen (secondary N) is 2. The molecule has 2 aromatic heterocycles. The number of carboxylic acids is 2. The molecule has 2 saturated heterocycles. The van der Waals surface area contributed by atoms with Gasteiger partial charge in [-0.05, 0) is 43.2 Å². The maximum Gasteiger partial charge on any atom is 0.320 e. The molecule has 1 aromatic carbocycles. The molecule has 0 bridgehead atoms. The molecule has 4 heterocycles. The number of aliphatic carboxylic acids is 2. The summed E-state index contributed by atoms with van der Waals surface area (Å²) in [7, 11) is 0. The van der Waals surface area contributed by atoms with Gasteiger partial charge in [-0.2, -0.15) is 0 Å². The van der Waals surface area contributed by atoms with Gasteiger partial charge in [0, 0.05) is 26.2 Å². The molecule has 0 radical (unpaired) electrons. The Morgan fingerprint density at radius 1 is 0.957 bits per heavy atom. The van der Waals surface area contributed by atoms with Gasteiger partial charge in [0.15, 0.2) is 29.5 Å². The van der Waals surface area contributed by atoms with Gasteiger partial charge in [0.25, 0.3) is 0 Å². The number of ether oxygens (including phenoxy) is 3. The number of amides is 2. The van der Waals surface area contributed by atoms with E-state index in [1.165, 1.54) is 6.33 Å². The summed E-state index contributed by atoms with van der Waals surface area (Å²) >= 11 is 0. The normalized spacial score (nSPS) is 30.9. The first-order valence-corrected chi connectivity index (χ1v) is 15.9. The van der Waals surface area contributed by atoms with Crippen LogP contribution in [0.25, 0.3) is 17.2 Å². The summed E-state index contributed by atoms with van der Waals surface area (Å²) in [4.78, 5) is 50.7. The number of aromatic nitrogens is 4. The Kier molecular flexibility index (Phi) is 8.61. The smallest absolute Gasteiger partial charge is 0.320 e. The van der Waals surface area contributed by atoms with Gasteiger partial charge in [-0.25, -0.2) is 19.7 Å². The molecule has 2 aliphatic heterocycles. The van der Waals surface area contributed by atoms with E-state index in [1.807, 2.05) is 49.4 Å². The number of carbonyl (C=O) groups is 3. The summed E-state index contributed by atoms with van der Waals surface area (Å²) in [5.41, 5.74) is 1.81. The molecule has 4 aliphatic rings. The van der Waals surface area contributed by atoms with Gasteiger partial charge >= 0.3 is 18.0 Å². The lowest BCUT2D eigenvalue weighted by Crippen LogP contribution is -2.41. The van der Waals surface area contributed by atoms with Crippen LogP contribution in [-0.2, 0) is 23.8 Å². The highest BCUT2D eigenvalue weighted by atomic mass is 16.8. The van der Waals surface area contributed by atoms with Crippen molar-refractivity contribution in [1.29, 1.82) is 0 Å². The van der Waals surface area contributed by atoms with Crippen LogP contribution in [0.5, 0.6) is 0 Å². The number of carbonyl (C=O) groups excluding carboxylic acids is 1. The first-order valence-electron chi connectivity index (χ1n) is 15.9. The second-order valence-electron chi connectivity index (χ2n) is 12.5. The number of nitrogens with zero attached hydrogens (tertiary/aromatic N) is 5. The molecule has 2 saturated carbocycles. The van der Waals surface area contributed by atoms with Crippen molar-refractivity contribution in [2.45, 2.75) is 50.6 Å². The number of urea groups is 1. The van der Waals surface area contributed by atoms with Crippen LogP contribution in [-0.4, -0.2) is 103 Å². The Labute approximate surface area is 269 Å². The molecule has 248 valence electrons. The van der Waals surface area contributed by atoms with Gasteiger partial charge < -0.3 is 34.6 Å². The van der Waals surface area contributed by atoms with Crippen molar-refractivity contribution in [3.8, 4) is 0 Å². The zero-order valence-electron chi connectivity index (χ0n) is 25.7. The van der Waals surface area contributed by atoms with E-state index in [1.54, 1.807) is 10.9 Å². The first-order chi connectivity index (χ1) is 22.8. The second-order valence-corrected chi connectivity index (χ2v) is 12.5. The molecule has 2 aliphatic carbocycles. The van der Waals surface area contributed by atoms with Crippen molar-refractivity contribution < 1.29 is 38.8 Å². The van der Waals surface area contributed by atoms with Crippen LogP contribution in [0.3, 0.4) is 0 Å². The van der Waals surface area contributed by atoms with Crippen molar-refractivity contribution in [2.75, 3.05) is 31.5 Å². The Bertz CT molecular complexity index is 1640. The Morgan fingerprint density at radius 2 is 1.66 bits per heavy atom. The van der Waals surface area contributed by atoms with Crippen LogP contribution in [0.15, 0.2) is 49.1 Å². The number of carboxylic acid groups (broad SMARTS) is 2. The van der Waals surface area contributed by atoms with Crippen LogP contribution >= 0.6 is 0 Å². The number of rotatable bonds is 13. The van der Waals surface area contributed by atoms with Crippen LogP contribution in [0.4, 0.5) is 10.6 Å². The Morgan fingerprint density at radius 3 is 2.32 bits per heavy atom. The highest BCUT2D eigenvalue weighted by molar-refractivity contribution is 5.95. The van der Waals surface area contributed by atoms with Gasteiger partial charge in [0.2, 0.25) is 0 Å². The highest BCUT2D eigenvalue weighted by Gasteiger charge is 2.55. The number of imidazole rings is 1. The van der Waals surface area contributed by atoms with Crippen molar-refractivity contribution >= 4 is 41.0 Å². The predicted molar refractivity (Wildman–Crippen MR) is 166 cm³/mol. The van der Waals surface area contributed by atoms with Crippen LogP contribution < -0.4 is 10.6 Å². The fourth-order valence-electron chi connectivity index (χ4n) is 6.66. The lowest BCUT2D eigenvalue weighted by molar-refractivity contribution is -0.139. The van der Waals surface area contributed by atoms with Crippen molar-refractivity contribution in [2.24, 2.45) is 23.7 Å². The molecule has 15 heteroatoms. The predicted octanol–water partition coefficient (Wildman–Crippen LogP) is 2.43. The Balaban J connectivity index is 1.15. The summed E-state index contributed by atoms with van der Waals surface area (Å²) < 4.78 is 21.3. The third-order valence-electron chi connectivity index (χ3n) is 9.22. The van der Waals surface area contributed by atoms with E-state index in [0.29, 0.717) is 50.2 Å². The van der Waals surface area contributed by atoms with E-state index < -0.39 is 60.6 Å². The molecule has 4 N–H and O–H groups in total. The third kappa shape index (κ3) is 6.70. The van der Waals surface area contributed by atoms with E-state index in [-0.39, 0.29) is 17.7 Å². The monoisotopic (exact) mass is 647 g/mol. The fourth-order valence-corrected chi connectivity index (χ4v) is 6.66. The maximum absolute atomic E-state index is 12.2. The minimum atomic E-state index is -0.808. The number of fused-ring (bicyclic) bond motifs is 2. The summed E-state index contributed by atoms with van der Waals surface area (Å²) in [6, 6.07) is 9.38. The maximum atomic E-state index is 12.2. The quantitative estimate of drug-likeness (QED) is 0.212. The molecule has 9 atom stereocenters. The first kappa shape index (κ1) is 31.2. The van der Waals surface area contributed by atoms with Gasteiger partial charge in [-0.3, -0.25) is 19.5 Å². The van der Waals surface area contributed by atoms with Crippen LogP contribution in [0.1, 0.15) is 31.6 Å². The number of anilines is 1. The van der Waals surface area contributed by atoms with Crippen molar-refractivity contribution in [3.05, 3.63) is 54.6 Å². The molecule has 7 rings (SSSR count). The SMILES string of the molecule is CCNC(=O)Nc1ncnc2c1ncn2[C@@H]1O[C@H](CN(CC2CC2C(=O)O)CC2CC2C(=O)O)[C@H]2O[C@H](/C=C/c3ccccc3)O[C@H]21. The lowest BCUT2D eigenvalue weighted by atomic mass is 10.1. The zero-order chi connectivity index (χ0) is 32.7. The summed E-state index contributed by atoms with van der Waals surface area (Å²) in [6.07, 6.45) is 4.99. The fraction of sp³-hybridized carbons (Fsp3) is 0.500. The van der Waals surface area contributed by atoms with E-state index in [9.17, 15) is 24.6 Å².